The molecule has 0 amide bonds. The molecule has 5 heteroatoms. The standard InChI is InChI=1S/C19H18N2O3/c1-11-16(15-8-3-4-9-20-15)18(13-6-5-7-14(22)10-13)17(19(23)24)12(2)21-11/h3-10,18,21-22H,1-2H3,(H,23,24). The van der Waals surface area contributed by atoms with E-state index in [1.54, 1.807) is 31.3 Å². The van der Waals surface area contributed by atoms with Gasteiger partial charge in [-0.25, -0.2) is 4.79 Å². The van der Waals surface area contributed by atoms with Gasteiger partial charge < -0.3 is 15.5 Å². The summed E-state index contributed by atoms with van der Waals surface area (Å²) in [7, 11) is 0. The van der Waals surface area contributed by atoms with Crippen molar-refractivity contribution in [2.75, 3.05) is 0 Å². The number of nitrogens with zero attached hydrogens (tertiary/aromatic N) is 1. The van der Waals surface area contributed by atoms with E-state index in [1.165, 1.54) is 0 Å². The molecule has 0 fully saturated rings. The van der Waals surface area contributed by atoms with E-state index in [9.17, 15) is 15.0 Å². The maximum atomic E-state index is 11.9. The second-order valence-electron chi connectivity index (χ2n) is 5.75. The number of allylic oxidation sites excluding steroid dienone is 3. The number of hydrogen-bond donors (Lipinski definition) is 3. The zero-order valence-electron chi connectivity index (χ0n) is 13.4. The molecule has 5 nitrogen and oxygen atoms in total. The Balaban J connectivity index is 2.25. The van der Waals surface area contributed by atoms with Crippen molar-refractivity contribution in [1.82, 2.24) is 10.3 Å². The van der Waals surface area contributed by atoms with Crippen LogP contribution in [0.3, 0.4) is 0 Å². The zero-order chi connectivity index (χ0) is 17.3. The summed E-state index contributed by atoms with van der Waals surface area (Å²) in [5.41, 5.74) is 3.92. The van der Waals surface area contributed by atoms with Crippen molar-refractivity contribution in [1.29, 1.82) is 0 Å². The Kier molecular flexibility index (Phi) is 4.08. The highest BCUT2D eigenvalue weighted by atomic mass is 16.4. The molecule has 1 aromatic carbocycles. The Labute approximate surface area is 140 Å². The highest BCUT2D eigenvalue weighted by Crippen LogP contribution is 2.43. The number of carboxylic acids is 1. The van der Waals surface area contributed by atoms with Crippen LogP contribution in [0.4, 0.5) is 0 Å². The third-order valence-electron chi connectivity index (χ3n) is 4.14. The lowest BCUT2D eigenvalue weighted by Crippen LogP contribution is -2.27. The summed E-state index contributed by atoms with van der Waals surface area (Å²) in [6.45, 7) is 3.65. The molecule has 0 aliphatic carbocycles. The summed E-state index contributed by atoms with van der Waals surface area (Å²) >= 11 is 0. The highest BCUT2D eigenvalue weighted by Gasteiger charge is 2.34. The maximum absolute atomic E-state index is 11.9. The van der Waals surface area contributed by atoms with Crippen LogP contribution in [-0.2, 0) is 4.79 Å². The maximum Gasteiger partial charge on any atom is 0.334 e. The lowest BCUT2D eigenvalue weighted by Gasteiger charge is -2.30. The van der Waals surface area contributed by atoms with E-state index in [0.717, 1.165) is 11.3 Å². The topological polar surface area (TPSA) is 82.5 Å². The fraction of sp³-hybridized carbons (Fsp3) is 0.158. The van der Waals surface area contributed by atoms with Crippen molar-refractivity contribution in [3.63, 3.8) is 0 Å². The molecule has 0 bridgehead atoms. The molecular formula is C19H18N2O3. The van der Waals surface area contributed by atoms with Crippen molar-refractivity contribution in [3.8, 4) is 5.75 Å². The molecule has 3 rings (SSSR count). The van der Waals surface area contributed by atoms with Crippen LogP contribution in [0.25, 0.3) is 5.57 Å². The molecular weight excluding hydrogens is 304 g/mol. The first-order chi connectivity index (χ1) is 11.5. The van der Waals surface area contributed by atoms with Crippen LogP contribution in [0.15, 0.2) is 65.6 Å². The first-order valence-electron chi connectivity index (χ1n) is 7.61. The quantitative estimate of drug-likeness (QED) is 0.808. The Morgan fingerprint density at radius 3 is 2.54 bits per heavy atom. The average Bonchev–Trinajstić information content (AvgIpc) is 2.54. The van der Waals surface area contributed by atoms with E-state index in [-0.39, 0.29) is 11.3 Å². The molecule has 0 radical (unpaired) electrons. The normalized spacial score (nSPS) is 17.7. The fourth-order valence-corrected chi connectivity index (χ4v) is 3.18. The minimum absolute atomic E-state index is 0.103. The van der Waals surface area contributed by atoms with Gasteiger partial charge in [0, 0.05) is 29.1 Å². The monoisotopic (exact) mass is 322 g/mol. The van der Waals surface area contributed by atoms with Gasteiger partial charge in [-0.3, -0.25) is 4.98 Å². The van der Waals surface area contributed by atoms with E-state index >= 15 is 0 Å². The largest absolute Gasteiger partial charge is 0.508 e. The Hall–Kier alpha value is -3.08. The number of phenolic OH excluding ortho intramolecular Hbond substituents is 1. The Morgan fingerprint density at radius 1 is 1.12 bits per heavy atom. The van der Waals surface area contributed by atoms with Gasteiger partial charge in [0.25, 0.3) is 0 Å². The number of pyridine rings is 1. The number of aromatic nitrogens is 1. The molecule has 2 heterocycles. The molecule has 1 unspecified atom stereocenters. The van der Waals surface area contributed by atoms with E-state index < -0.39 is 11.9 Å². The van der Waals surface area contributed by atoms with Crippen molar-refractivity contribution in [3.05, 3.63) is 76.9 Å². The van der Waals surface area contributed by atoms with Gasteiger partial charge in [-0.15, -0.1) is 0 Å². The van der Waals surface area contributed by atoms with E-state index in [1.807, 2.05) is 31.2 Å². The predicted molar refractivity (Wildman–Crippen MR) is 91.2 cm³/mol. The number of carboxylic acid groups (broad SMARTS) is 1. The van der Waals surface area contributed by atoms with Gasteiger partial charge in [-0.1, -0.05) is 18.2 Å². The minimum Gasteiger partial charge on any atom is -0.508 e. The van der Waals surface area contributed by atoms with Crippen molar-refractivity contribution in [2.45, 2.75) is 19.8 Å². The number of nitrogens with one attached hydrogen (secondary N) is 1. The number of phenols is 1. The summed E-state index contributed by atoms with van der Waals surface area (Å²) in [6, 6.07) is 12.2. The summed E-state index contributed by atoms with van der Waals surface area (Å²) < 4.78 is 0. The van der Waals surface area contributed by atoms with Crippen molar-refractivity contribution >= 4 is 11.5 Å². The molecule has 1 aliphatic heterocycles. The lowest BCUT2D eigenvalue weighted by molar-refractivity contribution is -0.132. The van der Waals surface area contributed by atoms with E-state index in [2.05, 4.69) is 10.3 Å². The van der Waals surface area contributed by atoms with Crippen LogP contribution in [0.5, 0.6) is 5.75 Å². The SMILES string of the molecule is CC1=C(C(=O)O)C(c2cccc(O)c2)C(c2ccccn2)=C(C)N1. The van der Waals surface area contributed by atoms with Gasteiger partial charge >= 0.3 is 5.97 Å². The smallest absolute Gasteiger partial charge is 0.334 e. The molecule has 0 saturated carbocycles. The van der Waals surface area contributed by atoms with Crippen LogP contribution in [0.2, 0.25) is 0 Å². The first-order valence-corrected chi connectivity index (χ1v) is 7.61. The fourth-order valence-electron chi connectivity index (χ4n) is 3.18. The summed E-state index contributed by atoms with van der Waals surface area (Å²) in [5, 5.41) is 22.8. The second-order valence-corrected chi connectivity index (χ2v) is 5.75. The number of aliphatic carboxylic acids is 1. The molecule has 1 aliphatic rings. The Morgan fingerprint density at radius 2 is 1.92 bits per heavy atom. The minimum atomic E-state index is -0.991. The predicted octanol–water partition coefficient (Wildman–Crippen LogP) is 3.26. The molecule has 1 atom stereocenters. The molecule has 0 saturated heterocycles. The van der Waals surface area contributed by atoms with Crippen LogP contribution in [-0.4, -0.2) is 21.2 Å². The zero-order valence-corrected chi connectivity index (χ0v) is 13.4. The van der Waals surface area contributed by atoms with Crippen LogP contribution in [0.1, 0.15) is 31.0 Å². The third-order valence-corrected chi connectivity index (χ3v) is 4.14. The number of dihydropyridines is 1. The molecule has 1 aromatic heterocycles. The van der Waals surface area contributed by atoms with Crippen molar-refractivity contribution in [2.24, 2.45) is 0 Å². The number of rotatable bonds is 3. The summed E-state index contributed by atoms with van der Waals surface area (Å²) in [4.78, 5) is 16.3. The van der Waals surface area contributed by atoms with Crippen LogP contribution >= 0.6 is 0 Å². The third kappa shape index (κ3) is 2.76. The molecule has 122 valence electrons. The highest BCUT2D eigenvalue weighted by molar-refractivity contribution is 5.96. The van der Waals surface area contributed by atoms with E-state index in [0.29, 0.717) is 17.0 Å². The number of benzene rings is 1. The first kappa shape index (κ1) is 15.8. The second kappa shape index (κ2) is 6.20. The van der Waals surface area contributed by atoms with Gasteiger partial charge in [0.05, 0.1) is 11.3 Å². The summed E-state index contributed by atoms with van der Waals surface area (Å²) in [6.07, 6.45) is 1.68. The molecule has 3 N–H and O–H groups in total. The van der Waals surface area contributed by atoms with Gasteiger partial charge in [0.15, 0.2) is 0 Å². The Bertz CT molecular complexity index is 854. The number of hydrogen-bond acceptors (Lipinski definition) is 4. The van der Waals surface area contributed by atoms with Gasteiger partial charge in [-0.05, 0) is 43.7 Å². The van der Waals surface area contributed by atoms with Crippen molar-refractivity contribution < 1.29 is 15.0 Å². The molecule has 24 heavy (non-hydrogen) atoms. The van der Waals surface area contributed by atoms with Gasteiger partial charge in [-0.2, -0.15) is 0 Å². The summed E-state index contributed by atoms with van der Waals surface area (Å²) in [5.74, 6) is -1.40. The number of aromatic hydroxyl groups is 1. The lowest BCUT2D eigenvalue weighted by atomic mass is 9.79. The van der Waals surface area contributed by atoms with Gasteiger partial charge in [0.1, 0.15) is 5.75 Å². The van der Waals surface area contributed by atoms with Crippen LogP contribution < -0.4 is 5.32 Å². The van der Waals surface area contributed by atoms with Crippen LogP contribution in [0, 0.1) is 0 Å². The molecule has 2 aromatic rings. The van der Waals surface area contributed by atoms with E-state index in [4.69, 9.17) is 0 Å². The average molecular weight is 322 g/mol. The number of carbonyl (C=O) groups is 1. The molecule has 0 spiro atoms. The van der Waals surface area contributed by atoms with Gasteiger partial charge in [0.2, 0.25) is 0 Å².